The maximum absolute atomic E-state index is 13.1. The maximum Gasteiger partial charge on any atom is 0.229 e. The van der Waals surface area contributed by atoms with Crippen LogP contribution in [0.25, 0.3) is 10.4 Å². The summed E-state index contributed by atoms with van der Waals surface area (Å²) in [7, 11) is 0. The zero-order chi connectivity index (χ0) is 21.1. The Morgan fingerprint density at radius 3 is 2.60 bits per heavy atom. The number of benzene rings is 2. The first-order valence-electron chi connectivity index (χ1n) is 10.2. The van der Waals surface area contributed by atoms with Crippen molar-refractivity contribution in [3.63, 3.8) is 0 Å². The molecule has 1 aliphatic rings. The molecule has 4 rings (SSSR count). The number of rotatable bonds is 6. The third-order valence-electron chi connectivity index (χ3n) is 6.13. The van der Waals surface area contributed by atoms with Crippen LogP contribution in [0.1, 0.15) is 30.4 Å². The Balaban J connectivity index is 1.53. The lowest BCUT2D eigenvalue weighted by Crippen LogP contribution is -2.43. The fraction of sp³-hybridized carbons (Fsp3) is 0.280. The molecule has 2 N–H and O–H groups in total. The summed E-state index contributed by atoms with van der Waals surface area (Å²) in [5.41, 5.74) is 8.37. The molecule has 2 heterocycles. The quantitative estimate of drug-likeness (QED) is 0.642. The molecule has 30 heavy (non-hydrogen) atoms. The van der Waals surface area contributed by atoms with Crippen molar-refractivity contribution in [2.45, 2.75) is 25.7 Å². The number of amides is 2. The summed E-state index contributed by atoms with van der Waals surface area (Å²) in [6.45, 7) is 2.86. The van der Waals surface area contributed by atoms with Gasteiger partial charge in [-0.25, -0.2) is 0 Å². The van der Waals surface area contributed by atoms with Crippen molar-refractivity contribution in [1.82, 2.24) is 4.90 Å². The third-order valence-corrected chi connectivity index (χ3v) is 7.05. The lowest BCUT2D eigenvalue weighted by Gasteiger charge is -2.27. The molecule has 1 fully saturated rings. The number of hydrogen-bond acceptors (Lipinski definition) is 3. The number of nitrogens with zero attached hydrogens (tertiary/aromatic N) is 1. The molecule has 3 aromatic rings. The number of nitrogens with two attached hydrogens (primary N) is 1. The van der Waals surface area contributed by atoms with E-state index in [1.165, 1.54) is 4.88 Å². The van der Waals surface area contributed by atoms with E-state index in [1.807, 2.05) is 60.4 Å². The van der Waals surface area contributed by atoms with E-state index in [0.717, 1.165) is 16.7 Å². The Labute approximate surface area is 181 Å². The highest BCUT2D eigenvalue weighted by Gasteiger charge is 2.45. The van der Waals surface area contributed by atoms with Crippen molar-refractivity contribution < 1.29 is 9.59 Å². The van der Waals surface area contributed by atoms with Crippen LogP contribution < -0.4 is 5.73 Å². The van der Waals surface area contributed by atoms with Crippen LogP contribution in [0, 0.1) is 5.41 Å². The molecule has 0 bridgehead atoms. The van der Waals surface area contributed by atoms with Gasteiger partial charge in [-0.1, -0.05) is 60.7 Å². The lowest BCUT2D eigenvalue weighted by atomic mass is 9.80. The largest absolute Gasteiger partial charge is 0.369 e. The van der Waals surface area contributed by atoms with Crippen molar-refractivity contribution in [3.8, 4) is 10.4 Å². The molecule has 154 valence electrons. The van der Waals surface area contributed by atoms with E-state index in [4.69, 9.17) is 5.73 Å². The topological polar surface area (TPSA) is 63.4 Å². The summed E-state index contributed by atoms with van der Waals surface area (Å²) < 4.78 is 0. The number of carbonyl (C=O) groups excluding carboxylic acids is 2. The van der Waals surface area contributed by atoms with E-state index in [1.54, 1.807) is 11.3 Å². The van der Waals surface area contributed by atoms with Crippen LogP contribution in [-0.2, 0) is 16.0 Å². The van der Waals surface area contributed by atoms with Crippen LogP contribution in [-0.4, -0.2) is 29.8 Å². The van der Waals surface area contributed by atoms with Gasteiger partial charge in [0.15, 0.2) is 0 Å². The normalized spacial score (nSPS) is 19.6. The molecule has 0 radical (unpaired) electrons. The first-order chi connectivity index (χ1) is 14.5. The molecule has 0 unspecified atom stereocenters. The molecule has 4 nitrogen and oxygen atoms in total. The van der Waals surface area contributed by atoms with Crippen LogP contribution in [0.15, 0.2) is 72.1 Å². The number of hydrogen-bond donors (Lipinski definition) is 1. The average Bonchev–Trinajstić information content (AvgIpc) is 3.45. The minimum absolute atomic E-state index is 0.0525. The van der Waals surface area contributed by atoms with Gasteiger partial charge < -0.3 is 10.6 Å². The number of thiophene rings is 1. The number of primary amides is 1. The van der Waals surface area contributed by atoms with Gasteiger partial charge in [0.05, 0.1) is 11.3 Å². The van der Waals surface area contributed by atoms with Crippen LogP contribution >= 0.6 is 11.3 Å². The van der Waals surface area contributed by atoms with Crippen molar-refractivity contribution >= 4 is 23.2 Å². The molecular formula is C25H26N2O2S. The number of likely N-dealkylation sites (tertiary alicyclic amines) is 1. The fourth-order valence-electron chi connectivity index (χ4n) is 4.32. The summed E-state index contributed by atoms with van der Waals surface area (Å²) in [5.74, 6) is -0.514. The monoisotopic (exact) mass is 418 g/mol. The summed E-state index contributed by atoms with van der Waals surface area (Å²) >= 11 is 1.69. The second kappa shape index (κ2) is 8.44. The second-order valence-corrected chi connectivity index (χ2v) is 9.09. The van der Waals surface area contributed by atoms with Crippen molar-refractivity contribution in [2.75, 3.05) is 13.1 Å². The minimum Gasteiger partial charge on any atom is -0.369 e. The highest BCUT2D eigenvalue weighted by molar-refractivity contribution is 7.13. The fourth-order valence-corrected chi connectivity index (χ4v) is 5.04. The molecule has 1 aromatic heterocycles. The predicted molar refractivity (Wildman–Crippen MR) is 121 cm³/mol. The van der Waals surface area contributed by atoms with Crippen molar-refractivity contribution in [1.29, 1.82) is 0 Å². The van der Waals surface area contributed by atoms with Gasteiger partial charge in [-0.05, 0) is 47.9 Å². The van der Waals surface area contributed by atoms with E-state index >= 15 is 0 Å². The zero-order valence-corrected chi connectivity index (χ0v) is 17.9. The van der Waals surface area contributed by atoms with E-state index in [9.17, 15) is 9.59 Å². The molecule has 1 aliphatic heterocycles. The molecule has 5 heteroatoms. The standard InChI is InChI=1S/C25H26N2O2S/c1-18(20-8-3-2-4-9-20)23(28)27-13-12-25(17-27,24(26)29)16-19-7-5-10-21(15-19)22-11-6-14-30-22/h2-11,14-15,18H,12-13,16-17H2,1H3,(H2,26,29)/t18-,25+/m0/s1. The van der Waals surface area contributed by atoms with E-state index in [-0.39, 0.29) is 17.7 Å². The first kappa shape index (κ1) is 20.4. The predicted octanol–water partition coefficient (Wildman–Crippen LogP) is 4.47. The van der Waals surface area contributed by atoms with Crippen molar-refractivity contribution in [2.24, 2.45) is 11.1 Å². The van der Waals surface area contributed by atoms with Crippen LogP contribution in [0.5, 0.6) is 0 Å². The van der Waals surface area contributed by atoms with Gasteiger partial charge in [0.1, 0.15) is 0 Å². The van der Waals surface area contributed by atoms with Gasteiger partial charge in [0, 0.05) is 18.0 Å². The highest BCUT2D eigenvalue weighted by Crippen LogP contribution is 2.36. The van der Waals surface area contributed by atoms with Gasteiger partial charge in [-0.3, -0.25) is 9.59 Å². The van der Waals surface area contributed by atoms with E-state index < -0.39 is 5.41 Å². The summed E-state index contributed by atoms with van der Waals surface area (Å²) in [4.78, 5) is 28.6. The van der Waals surface area contributed by atoms with Gasteiger partial charge in [-0.15, -0.1) is 11.3 Å². The Bertz CT molecular complexity index is 1030. The lowest BCUT2D eigenvalue weighted by molar-refractivity contribution is -0.133. The molecule has 0 saturated carbocycles. The maximum atomic E-state index is 13.1. The van der Waals surface area contributed by atoms with Crippen LogP contribution in [0.2, 0.25) is 0 Å². The minimum atomic E-state index is -0.722. The molecule has 2 atom stereocenters. The van der Waals surface area contributed by atoms with Gasteiger partial charge in [0.2, 0.25) is 11.8 Å². The SMILES string of the molecule is C[C@H](C(=O)N1CC[C@](Cc2cccc(-c3cccs3)c2)(C(N)=O)C1)c1ccccc1. The van der Waals surface area contributed by atoms with E-state index in [0.29, 0.717) is 25.9 Å². The molecule has 0 aliphatic carbocycles. The Hall–Kier alpha value is -2.92. The Morgan fingerprint density at radius 1 is 1.10 bits per heavy atom. The van der Waals surface area contributed by atoms with Crippen LogP contribution in [0.3, 0.4) is 0 Å². The zero-order valence-electron chi connectivity index (χ0n) is 17.1. The van der Waals surface area contributed by atoms with E-state index in [2.05, 4.69) is 23.6 Å². The molecule has 2 amide bonds. The number of carbonyl (C=O) groups is 2. The molecule has 0 spiro atoms. The smallest absolute Gasteiger partial charge is 0.229 e. The van der Waals surface area contributed by atoms with Crippen LogP contribution in [0.4, 0.5) is 0 Å². The Kier molecular flexibility index (Phi) is 5.73. The summed E-state index contributed by atoms with van der Waals surface area (Å²) in [5, 5.41) is 2.06. The molecule has 2 aromatic carbocycles. The van der Waals surface area contributed by atoms with Gasteiger partial charge in [0.25, 0.3) is 0 Å². The summed E-state index contributed by atoms with van der Waals surface area (Å²) in [6.07, 6.45) is 1.14. The average molecular weight is 419 g/mol. The molecular weight excluding hydrogens is 392 g/mol. The summed E-state index contributed by atoms with van der Waals surface area (Å²) in [6, 6.07) is 22.2. The van der Waals surface area contributed by atoms with Crippen molar-refractivity contribution in [3.05, 3.63) is 83.2 Å². The van der Waals surface area contributed by atoms with Gasteiger partial charge >= 0.3 is 0 Å². The third kappa shape index (κ3) is 4.03. The highest BCUT2D eigenvalue weighted by atomic mass is 32.1. The Morgan fingerprint density at radius 2 is 1.90 bits per heavy atom. The van der Waals surface area contributed by atoms with Gasteiger partial charge in [-0.2, -0.15) is 0 Å². The molecule has 1 saturated heterocycles. The first-order valence-corrected chi connectivity index (χ1v) is 11.1. The second-order valence-electron chi connectivity index (χ2n) is 8.14.